The Morgan fingerprint density at radius 3 is 2.56 bits per heavy atom. The molecule has 0 spiro atoms. The van der Waals surface area contributed by atoms with Crippen LogP contribution in [0.2, 0.25) is 0 Å². The predicted molar refractivity (Wildman–Crippen MR) is 27.8 cm³/mol. The molecular weight excluding hydrogens is 122 g/mol. The molecule has 0 bridgehead atoms. The predicted octanol–water partition coefficient (Wildman–Crippen LogP) is -1.90. The number of rotatable bonds is 3. The molecule has 0 heterocycles. The molecule has 0 atom stereocenters. The smallest absolute Gasteiger partial charge is 0.199 e. The molecule has 0 aliphatic heterocycles. The maximum absolute atomic E-state index is 10.3. The molecule has 5 nitrogen and oxygen atoms in total. The summed E-state index contributed by atoms with van der Waals surface area (Å²) in [6.45, 7) is 1.29. The highest BCUT2D eigenvalue weighted by Crippen LogP contribution is 1.77. The lowest BCUT2D eigenvalue weighted by atomic mass is 10.3. The third-order valence-electron chi connectivity index (χ3n) is 0.605. The molecule has 0 aliphatic rings. The highest BCUT2D eigenvalue weighted by molar-refractivity contribution is 5.96. The van der Waals surface area contributed by atoms with E-state index in [0.29, 0.717) is 0 Å². The van der Waals surface area contributed by atoms with Gasteiger partial charge in [-0.3, -0.25) is 9.59 Å². The summed E-state index contributed by atoms with van der Waals surface area (Å²) in [5.74, 6) is -0.798. The Morgan fingerprint density at radius 2 is 2.22 bits per heavy atom. The Hall–Kier alpha value is -1.26. The fourth-order valence-electron chi connectivity index (χ4n) is 0.333. The van der Waals surface area contributed by atoms with Gasteiger partial charge in [-0.15, -0.1) is 0 Å². The summed E-state index contributed by atoms with van der Waals surface area (Å²) < 4.78 is 0. The quantitative estimate of drug-likeness (QED) is 0.265. The van der Waals surface area contributed by atoms with Gasteiger partial charge < -0.3 is 0 Å². The van der Waals surface area contributed by atoms with Crippen molar-refractivity contribution in [3.63, 3.8) is 0 Å². The first-order valence-corrected chi connectivity index (χ1v) is 2.34. The van der Waals surface area contributed by atoms with Gasteiger partial charge in [-0.1, -0.05) is 0 Å². The second kappa shape index (κ2) is 3.71. The third-order valence-corrected chi connectivity index (χ3v) is 0.605. The first-order chi connectivity index (χ1) is 4.16. The number of carbonyl (C=O) groups excluding carboxylic acids is 2. The van der Waals surface area contributed by atoms with E-state index in [9.17, 15) is 9.59 Å². The van der Waals surface area contributed by atoms with Crippen molar-refractivity contribution < 1.29 is 14.8 Å². The maximum atomic E-state index is 10.3. The Bertz CT molecular complexity index is 143. The molecule has 0 fully saturated rings. The van der Waals surface area contributed by atoms with E-state index in [1.807, 2.05) is 5.43 Å². The molecule has 0 rings (SSSR count). The molecule has 0 aliphatic carbocycles. The molecule has 0 aromatic rings. The fraction of sp³-hybridized carbons (Fsp3) is 0.500. The number of amides is 1. The van der Waals surface area contributed by atoms with Crippen LogP contribution in [0.25, 0.3) is 5.53 Å². The number of nitrogens with zero attached hydrogens (tertiary/aromatic N) is 1. The van der Waals surface area contributed by atoms with Crippen LogP contribution in [-0.4, -0.2) is 11.7 Å². The van der Waals surface area contributed by atoms with Crippen molar-refractivity contribution in [2.24, 2.45) is 0 Å². The van der Waals surface area contributed by atoms with Crippen LogP contribution in [0.4, 0.5) is 0 Å². The van der Waals surface area contributed by atoms with Crippen LogP contribution in [0.3, 0.4) is 0 Å². The standard InChI is InChI=1S/C4H7N3O2/c1-3(8)2-4(9)6-7-5/h7H,2H2,1H3,(H-,5,6,9). The van der Waals surface area contributed by atoms with E-state index in [1.165, 1.54) is 12.1 Å². The Kier molecular flexibility index (Phi) is 3.19. The zero-order valence-corrected chi connectivity index (χ0v) is 4.97. The van der Waals surface area contributed by atoms with Gasteiger partial charge in [0, 0.05) is 0 Å². The molecule has 0 aromatic carbocycles. The molecular formula is C4H7N3O2. The van der Waals surface area contributed by atoms with Crippen molar-refractivity contribution in [3.8, 4) is 0 Å². The number of hydrogen-bond donors (Lipinski definition) is 2. The lowest BCUT2D eigenvalue weighted by molar-refractivity contribution is -0.533. The van der Waals surface area contributed by atoms with Gasteiger partial charge >= 0.3 is 0 Å². The number of carbonyl (C=O) groups is 2. The van der Waals surface area contributed by atoms with Gasteiger partial charge in [-0.2, -0.15) is 10.8 Å². The Labute approximate surface area is 51.9 Å². The SMILES string of the molecule is CC(=O)CC(=O)N[NH+]=[N-]. The summed E-state index contributed by atoms with van der Waals surface area (Å²) in [7, 11) is 0. The Morgan fingerprint density at radius 1 is 1.67 bits per heavy atom. The summed E-state index contributed by atoms with van der Waals surface area (Å²) in [6.07, 6.45) is -0.215. The third kappa shape index (κ3) is 4.60. The summed E-state index contributed by atoms with van der Waals surface area (Å²) >= 11 is 0. The summed E-state index contributed by atoms with van der Waals surface area (Å²) in [6, 6.07) is 0. The van der Waals surface area contributed by atoms with Gasteiger partial charge in [0.1, 0.15) is 5.78 Å². The van der Waals surface area contributed by atoms with Crippen LogP contribution in [0.5, 0.6) is 0 Å². The number of Topliss-reactive ketones (excluding diaryl/α,β-unsaturated/α-hetero) is 1. The molecule has 0 radical (unpaired) electrons. The molecule has 5 heteroatoms. The summed E-state index contributed by atoms with van der Waals surface area (Å²) in [4.78, 5) is 20.5. The van der Waals surface area contributed by atoms with Crippen molar-refractivity contribution in [1.82, 2.24) is 5.43 Å². The molecule has 0 aromatic heterocycles. The molecule has 0 unspecified atom stereocenters. The minimum atomic E-state index is -0.551. The summed E-state index contributed by atoms with van der Waals surface area (Å²) in [5, 5.41) is 1.42. The van der Waals surface area contributed by atoms with Crippen LogP contribution in [0, 0.1) is 0 Å². The van der Waals surface area contributed by atoms with Gasteiger partial charge in [0.15, 0.2) is 5.91 Å². The average Bonchev–Trinajstić information content (AvgIpc) is 1.63. The lowest BCUT2D eigenvalue weighted by Crippen LogP contribution is -2.77. The number of nitrogens with one attached hydrogen (secondary N) is 2. The van der Waals surface area contributed by atoms with E-state index in [-0.39, 0.29) is 12.2 Å². The van der Waals surface area contributed by atoms with Crippen molar-refractivity contribution in [2.45, 2.75) is 13.3 Å². The van der Waals surface area contributed by atoms with E-state index < -0.39 is 5.91 Å². The van der Waals surface area contributed by atoms with E-state index in [4.69, 9.17) is 5.53 Å². The van der Waals surface area contributed by atoms with Crippen molar-refractivity contribution in [1.29, 1.82) is 0 Å². The molecule has 0 saturated heterocycles. The monoisotopic (exact) mass is 129 g/mol. The summed E-state index contributed by atoms with van der Waals surface area (Å²) in [5.41, 5.74) is 9.68. The van der Waals surface area contributed by atoms with Gasteiger partial charge in [0.2, 0.25) is 0 Å². The number of hydrazine groups is 1. The molecule has 0 saturated carbocycles. The van der Waals surface area contributed by atoms with Crippen LogP contribution < -0.4 is 10.6 Å². The zero-order valence-electron chi connectivity index (χ0n) is 4.97. The van der Waals surface area contributed by atoms with Crippen LogP contribution in [-0.2, 0) is 9.59 Å². The van der Waals surface area contributed by atoms with Crippen LogP contribution in [0.15, 0.2) is 0 Å². The highest BCUT2D eigenvalue weighted by atomic mass is 16.2. The van der Waals surface area contributed by atoms with Gasteiger partial charge in [0.05, 0.1) is 6.42 Å². The molecule has 50 valence electrons. The van der Waals surface area contributed by atoms with Crippen molar-refractivity contribution in [2.75, 3.05) is 0 Å². The van der Waals surface area contributed by atoms with Gasteiger partial charge in [-0.05, 0) is 6.92 Å². The minimum Gasteiger partial charge on any atom is -0.300 e. The lowest BCUT2D eigenvalue weighted by Gasteiger charge is -1.93. The van der Waals surface area contributed by atoms with Crippen molar-refractivity contribution >= 4 is 11.7 Å². The average molecular weight is 129 g/mol. The highest BCUT2D eigenvalue weighted by Gasteiger charge is 1.99. The topological polar surface area (TPSA) is 82.4 Å². The number of hydrogen-bond acceptors (Lipinski definition) is 2. The number of ketones is 1. The first kappa shape index (κ1) is 7.74. The van der Waals surface area contributed by atoms with E-state index in [1.54, 1.807) is 0 Å². The Balaban J connectivity index is 3.50. The van der Waals surface area contributed by atoms with E-state index in [0.717, 1.165) is 0 Å². The van der Waals surface area contributed by atoms with Crippen molar-refractivity contribution in [3.05, 3.63) is 5.53 Å². The van der Waals surface area contributed by atoms with E-state index in [2.05, 4.69) is 0 Å². The molecule has 9 heavy (non-hydrogen) atoms. The second-order valence-electron chi connectivity index (χ2n) is 1.54. The second-order valence-corrected chi connectivity index (χ2v) is 1.54. The normalized spacial score (nSPS) is 8.11. The van der Waals surface area contributed by atoms with E-state index >= 15 is 0 Å². The zero-order chi connectivity index (χ0) is 7.28. The van der Waals surface area contributed by atoms with Gasteiger partial charge in [-0.25, -0.2) is 5.43 Å². The molecule has 1 amide bonds. The minimum absolute atomic E-state index is 0.215. The first-order valence-electron chi connectivity index (χ1n) is 2.34. The fourth-order valence-corrected chi connectivity index (χ4v) is 0.333. The van der Waals surface area contributed by atoms with Crippen LogP contribution in [0.1, 0.15) is 13.3 Å². The largest absolute Gasteiger partial charge is 0.300 e. The maximum Gasteiger partial charge on any atom is 0.199 e. The van der Waals surface area contributed by atoms with Crippen LogP contribution >= 0.6 is 0 Å². The van der Waals surface area contributed by atoms with Gasteiger partial charge in [0.25, 0.3) is 0 Å². The molecule has 2 N–H and O–H groups in total.